The zero-order chi connectivity index (χ0) is 17.5. The average Bonchev–Trinajstić information content (AvgIpc) is 2.56. The number of hydrogen-bond acceptors (Lipinski definition) is 3. The van der Waals surface area contributed by atoms with E-state index >= 15 is 0 Å². The summed E-state index contributed by atoms with van der Waals surface area (Å²) in [7, 11) is 0. The molecule has 24 heavy (non-hydrogen) atoms. The van der Waals surface area contributed by atoms with E-state index in [9.17, 15) is 14.7 Å². The molecule has 0 fully saturated rings. The van der Waals surface area contributed by atoms with Gasteiger partial charge in [-0.25, -0.2) is 4.79 Å². The molecule has 0 spiro atoms. The number of amides is 1. The maximum absolute atomic E-state index is 12.0. The van der Waals surface area contributed by atoms with E-state index < -0.39 is 17.9 Å². The van der Waals surface area contributed by atoms with Crippen LogP contribution in [-0.4, -0.2) is 29.6 Å². The number of carboxylic acid groups (broad SMARTS) is 1. The van der Waals surface area contributed by atoms with Gasteiger partial charge < -0.3 is 15.2 Å². The van der Waals surface area contributed by atoms with Gasteiger partial charge in [0.2, 0.25) is 0 Å². The second kappa shape index (κ2) is 8.15. The van der Waals surface area contributed by atoms with Crippen LogP contribution in [0, 0.1) is 13.8 Å². The molecular formula is C19H21NO4. The van der Waals surface area contributed by atoms with Crippen LogP contribution < -0.4 is 10.1 Å². The fraction of sp³-hybridized carbons (Fsp3) is 0.263. The minimum atomic E-state index is -1.07. The molecule has 0 aliphatic rings. The lowest BCUT2D eigenvalue weighted by Crippen LogP contribution is -2.44. The molecule has 1 amide bonds. The van der Waals surface area contributed by atoms with E-state index in [4.69, 9.17) is 4.74 Å². The third kappa shape index (κ3) is 5.12. The van der Waals surface area contributed by atoms with Crippen molar-refractivity contribution < 1.29 is 19.4 Å². The number of aliphatic carboxylic acids is 1. The maximum Gasteiger partial charge on any atom is 0.326 e. The van der Waals surface area contributed by atoms with E-state index in [1.54, 1.807) is 6.07 Å². The Morgan fingerprint density at radius 1 is 1.08 bits per heavy atom. The van der Waals surface area contributed by atoms with Crippen molar-refractivity contribution >= 4 is 11.9 Å². The summed E-state index contributed by atoms with van der Waals surface area (Å²) in [6.45, 7) is 3.73. The van der Waals surface area contributed by atoms with Crippen LogP contribution in [0.3, 0.4) is 0 Å². The number of ether oxygens (including phenoxy) is 1. The zero-order valence-corrected chi connectivity index (χ0v) is 13.8. The van der Waals surface area contributed by atoms with E-state index in [0.717, 1.165) is 16.7 Å². The lowest BCUT2D eigenvalue weighted by atomic mass is 10.1. The van der Waals surface area contributed by atoms with E-state index in [1.165, 1.54) is 0 Å². The molecule has 2 aromatic rings. The van der Waals surface area contributed by atoms with E-state index in [-0.39, 0.29) is 13.0 Å². The number of carbonyl (C=O) groups is 2. The highest BCUT2D eigenvalue weighted by Crippen LogP contribution is 2.16. The van der Waals surface area contributed by atoms with Gasteiger partial charge in [0.05, 0.1) is 0 Å². The monoisotopic (exact) mass is 327 g/mol. The van der Waals surface area contributed by atoms with Crippen LogP contribution in [0.5, 0.6) is 5.75 Å². The Balaban J connectivity index is 1.90. The van der Waals surface area contributed by atoms with Gasteiger partial charge in [0.1, 0.15) is 11.8 Å². The average molecular weight is 327 g/mol. The van der Waals surface area contributed by atoms with Gasteiger partial charge in [0.25, 0.3) is 5.91 Å². The molecule has 2 rings (SSSR count). The van der Waals surface area contributed by atoms with Crippen molar-refractivity contribution in [1.29, 1.82) is 0 Å². The summed E-state index contributed by atoms with van der Waals surface area (Å²) in [4.78, 5) is 23.3. The highest BCUT2D eigenvalue weighted by Gasteiger charge is 2.20. The number of benzene rings is 2. The Kier molecular flexibility index (Phi) is 5.95. The summed E-state index contributed by atoms with van der Waals surface area (Å²) in [5.74, 6) is -0.946. The molecule has 0 bridgehead atoms. The molecule has 0 radical (unpaired) electrons. The first-order valence-corrected chi connectivity index (χ1v) is 7.72. The van der Waals surface area contributed by atoms with Crippen molar-refractivity contribution in [3.05, 3.63) is 65.2 Å². The number of hydrogen-bond donors (Lipinski definition) is 2. The molecule has 5 nitrogen and oxygen atoms in total. The van der Waals surface area contributed by atoms with Gasteiger partial charge >= 0.3 is 5.97 Å². The molecule has 0 aliphatic carbocycles. The van der Waals surface area contributed by atoms with Crippen LogP contribution in [0.15, 0.2) is 48.5 Å². The zero-order valence-electron chi connectivity index (χ0n) is 13.8. The quantitative estimate of drug-likeness (QED) is 0.819. The first-order valence-electron chi connectivity index (χ1n) is 7.72. The lowest BCUT2D eigenvalue weighted by molar-refractivity contribution is -0.142. The van der Waals surface area contributed by atoms with Crippen LogP contribution in [0.1, 0.15) is 16.7 Å². The molecule has 1 atom stereocenters. The third-order valence-corrected chi connectivity index (χ3v) is 3.76. The fourth-order valence-corrected chi connectivity index (χ4v) is 2.24. The van der Waals surface area contributed by atoms with Crippen LogP contribution in [0.2, 0.25) is 0 Å². The summed E-state index contributed by atoms with van der Waals surface area (Å²) >= 11 is 0. The number of aryl methyl sites for hydroxylation is 2. The largest absolute Gasteiger partial charge is 0.484 e. The molecule has 126 valence electrons. The lowest BCUT2D eigenvalue weighted by Gasteiger charge is -2.15. The molecule has 0 saturated carbocycles. The molecular weight excluding hydrogens is 306 g/mol. The Morgan fingerprint density at radius 3 is 2.42 bits per heavy atom. The number of carbonyl (C=O) groups excluding carboxylic acids is 1. The van der Waals surface area contributed by atoms with Crippen LogP contribution in [0.4, 0.5) is 0 Å². The van der Waals surface area contributed by atoms with Gasteiger partial charge in [0, 0.05) is 6.42 Å². The molecule has 0 heterocycles. The van der Waals surface area contributed by atoms with Crippen molar-refractivity contribution in [2.24, 2.45) is 0 Å². The maximum atomic E-state index is 12.0. The third-order valence-electron chi connectivity index (χ3n) is 3.76. The molecule has 0 unspecified atom stereocenters. The summed E-state index contributed by atoms with van der Waals surface area (Å²) < 4.78 is 5.43. The van der Waals surface area contributed by atoms with Crippen LogP contribution in [0.25, 0.3) is 0 Å². The molecule has 5 heteroatoms. The van der Waals surface area contributed by atoms with Gasteiger partial charge in [-0.05, 0) is 42.7 Å². The number of rotatable bonds is 7. The second-order valence-corrected chi connectivity index (χ2v) is 5.68. The van der Waals surface area contributed by atoms with Gasteiger partial charge in [0.15, 0.2) is 6.61 Å². The highest BCUT2D eigenvalue weighted by molar-refractivity contribution is 5.84. The minimum Gasteiger partial charge on any atom is -0.484 e. The topological polar surface area (TPSA) is 75.6 Å². The standard InChI is InChI=1S/C19H21NO4/c1-13-8-9-16(10-14(13)2)24-12-18(21)20-17(19(22)23)11-15-6-4-3-5-7-15/h3-10,17H,11-12H2,1-2H3,(H,20,21)(H,22,23)/t17-/m1/s1. The van der Waals surface area contributed by atoms with Crippen molar-refractivity contribution in [3.63, 3.8) is 0 Å². The Morgan fingerprint density at radius 2 is 1.79 bits per heavy atom. The predicted molar refractivity (Wildman–Crippen MR) is 91.1 cm³/mol. The Bertz CT molecular complexity index is 713. The van der Waals surface area contributed by atoms with Crippen LogP contribution in [-0.2, 0) is 16.0 Å². The summed E-state index contributed by atoms with van der Waals surface area (Å²) in [5.41, 5.74) is 3.06. The van der Waals surface area contributed by atoms with Crippen molar-refractivity contribution in [2.45, 2.75) is 26.3 Å². The Labute approximate surface area is 141 Å². The summed E-state index contributed by atoms with van der Waals surface area (Å²) in [6.07, 6.45) is 0.228. The van der Waals surface area contributed by atoms with Gasteiger partial charge in [-0.2, -0.15) is 0 Å². The van der Waals surface area contributed by atoms with Crippen LogP contribution >= 0.6 is 0 Å². The number of carboxylic acids is 1. The van der Waals surface area contributed by atoms with E-state index in [1.807, 2.05) is 56.3 Å². The highest BCUT2D eigenvalue weighted by atomic mass is 16.5. The fourth-order valence-electron chi connectivity index (χ4n) is 2.24. The summed E-state index contributed by atoms with van der Waals surface area (Å²) in [5, 5.41) is 11.8. The summed E-state index contributed by atoms with van der Waals surface area (Å²) in [6, 6.07) is 13.7. The van der Waals surface area contributed by atoms with Gasteiger partial charge in [-0.15, -0.1) is 0 Å². The van der Waals surface area contributed by atoms with E-state index in [2.05, 4.69) is 5.32 Å². The van der Waals surface area contributed by atoms with Crippen molar-refractivity contribution in [1.82, 2.24) is 5.32 Å². The second-order valence-electron chi connectivity index (χ2n) is 5.68. The molecule has 2 aromatic carbocycles. The first kappa shape index (κ1) is 17.5. The molecule has 0 aromatic heterocycles. The molecule has 0 saturated heterocycles. The smallest absolute Gasteiger partial charge is 0.326 e. The van der Waals surface area contributed by atoms with Gasteiger partial charge in [-0.3, -0.25) is 4.79 Å². The van der Waals surface area contributed by atoms with Gasteiger partial charge in [-0.1, -0.05) is 36.4 Å². The normalized spacial score (nSPS) is 11.6. The van der Waals surface area contributed by atoms with Crippen molar-refractivity contribution in [3.8, 4) is 5.75 Å². The predicted octanol–water partition coefficient (Wildman–Crippen LogP) is 2.49. The molecule has 0 aliphatic heterocycles. The van der Waals surface area contributed by atoms with E-state index in [0.29, 0.717) is 5.75 Å². The minimum absolute atomic E-state index is 0.221. The molecule has 2 N–H and O–H groups in total. The first-order chi connectivity index (χ1) is 11.5. The number of nitrogens with one attached hydrogen (secondary N) is 1. The SMILES string of the molecule is Cc1ccc(OCC(=O)N[C@H](Cc2ccccc2)C(=O)O)cc1C. The Hall–Kier alpha value is -2.82. The van der Waals surface area contributed by atoms with Crippen molar-refractivity contribution in [2.75, 3.05) is 6.61 Å².